The average Bonchev–Trinajstić information content (AvgIpc) is 1.55. The largest absolute Gasteiger partial charge is 0.456 e. The molecule has 6 heteroatoms. The van der Waals surface area contributed by atoms with Gasteiger partial charge in [-0.1, -0.05) is 388 Å². The topological polar surface area (TPSA) is 43.9 Å². The van der Waals surface area contributed by atoms with E-state index in [1.54, 1.807) is 0 Å². The van der Waals surface area contributed by atoms with Gasteiger partial charge in [0.25, 0.3) is 0 Å². The molecule has 36 rings (SSSR count). The van der Waals surface area contributed by atoms with Gasteiger partial charge < -0.3 is 26.4 Å². The molecule has 0 saturated heterocycles. The second-order valence-corrected chi connectivity index (χ2v) is 40.7. The fourth-order valence-corrected chi connectivity index (χ4v) is 26.1. The van der Waals surface area contributed by atoms with Crippen LogP contribution in [0.4, 0.5) is 0 Å². The van der Waals surface area contributed by atoms with Crippen molar-refractivity contribution in [2.45, 2.75) is 0 Å². The van der Waals surface area contributed by atoms with Crippen molar-refractivity contribution in [2.75, 3.05) is 0 Å². The first kappa shape index (κ1) is 82.5. The van der Waals surface area contributed by atoms with E-state index in [0.717, 1.165) is 49.4 Å². The van der Waals surface area contributed by atoms with Crippen molar-refractivity contribution in [3.63, 3.8) is 0 Å². The SMILES string of the molecule is c1ccc(-c2c3ccccc3c(-c3ccc4c(c3)c3cccc5c6cc7ccccc7cc6n4c35)c3ccccc23)cc1.c1ccc(-c2ccc(-c3ccc4c(c3)c3cccc5c6cc7ccccc7cc6n4c35)cc2)cc1.c1ccc2cc3c(cc2c1)c1cccc2c4cc(-c5ccc6oc7ccccc7c6c5)ccc4n3c21.c1ccc2cc3c(cc2c1)c1cccc2c4cc(-c5cccc6c5oc5ccccc56)ccc4n3c21. The van der Waals surface area contributed by atoms with Crippen molar-refractivity contribution >= 4 is 261 Å². The Kier molecular flexibility index (Phi) is 17.5. The number of hydrogen-bond acceptors (Lipinski definition) is 2. The van der Waals surface area contributed by atoms with E-state index in [9.17, 15) is 0 Å². The van der Waals surface area contributed by atoms with Gasteiger partial charge in [-0.25, -0.2) is 0 Å². The molecule has 0 aliphatic heterocycles. The fraction of sp³-hybridized carbons (Fsp3) is 0. The normalized spacial score (nSPS) is 12.3. The summed E-state index contributed by atoms with van der Waals surface area (Å²) in [6.07, 6.45) is 0. The van der Waals surface area contributed by atoms with Gasteiger partial charge in [-0.2, -0.15) is 0 Å². The van der Waals surface area contributed by atoms with Gasteiger partial charge in [0.05, 0.1) is 66.2 Å². The Morgan fingerprint density at radius 3 is 0.760 bits per heavy atom. The molecule has 0 atom stereocenters. The highest BCUT2D eigenvalue weighted by Gasteiger charge is 2.28. The van der Waals surface area contributed by atoms with Crippen molar-refractivity contribution in [1.82, 2.24) is 17.6 Å². The molecule has 36 aromatic rings. The van der Waals surface area contributed by atoms with E-state index >= 15 is 0 Å². The van der Waals surface area contributed by atoms with Gasteiger partial charge in [-0.15, -0.1) is 0 Å². The molecule has 10 heterocycles. The third kappa shape index (κ3) is 12.1. The summed E-state index contributed by atoms with van der Waals surface area (Å²) in [5, 5.41) is 41.0. The monoisotopic (exact) mass is 1900 g/mol. The molecule has 26 aromatic carbocycles. The van der Waals surface area contributed by atoms with Crippen LogP contribution < -0.4 is 0 Å². The van der Waals surface area contributed by atoms with Crippen LogP contribution in [0.1, 0.15) is 0 Å². The molecule has 0 radical (unpaired) electrons. The maximum atomic E-state index is 6.36. The standard InChI is InChI=1S/C42H25N.2C34H19NO.C34H21N/c1-2-11-26(12-3-1)40-30-15-6-8-17-32(30)41(33-18-9-7-16-31(33)40)29-21-22-38-36(24-29)34-19-10-20-35-37-23-27-13-4-5-14-28(27)25-39(37)43(38)42(34)35;1-2-8-21-19-31-29(17-20(21)7-1)26-12-6-11-25-28-18-22(15-16-30(28)35(31)33(25)26)23-10-5-13-27-24-9-3-4-14-32(24)36-34(23)27;1-2-7-21-19-31-28(16-20(21)6-1)26-10-5-9-25-27-17-22(12-14-30(27)35(31)34(25)26)23-13-15-33-29(18-23)24-8-3-4-11-32(24)36-33;1-2-7-22(8-3-1)23-13-15-24(16-14-23)27-17-18-32-30(20-27)28-11-6-12-29-31-19-25-9-4-5-10-26(25)21-33(31)35(32)34(28)29/h1-25H;2*1-19H;1-21H. The molecule has 0 unspecified atom stereocenters. The summed E-state index contributed by atoms with van der Waals surface area (Å²) in [5.41, 5.74) is 33.9. The smallest absolute Gasteiger partial charge is 0.143 e. The molecule has 150 heavy (non-hydrogen) atoms. The van der Waals surface area contributed by atoms with Crippen molar-refractivity contribution in [3.8, 4) is 66.8 Å². The van der Waals surface area contributed by atoms with Crippen LogP contribution in [0.5, 0.6) is 0 Å². The van der Waals surface area contributed by atoms with Gasteiger partial charge in [0.2, 0.25) is 0 Å². The number of benzene rings is 26. The van der Waals surface area contributed by atoms with Gasteiger partial charge >= 0.3 is 0 Å². The van der Waals surface area contributed by atoms with Crippen LogP contribution in [0.2, 0.25) is 0 Å². The van der Waals surface area contributed by atoms with Crippen LogP contribution in [0.3, 0.4) is 0 Å². The third-order valence-electron chi connectivity index (χ3n) is 32.8. The Bertz CT molecular complexity index is 12000. The van der Waals surface area contributed by atoms with Gasteiger partial charge in [-0.05, 0) is 247 Å². The van der Waals surface area contributed by atoms with E-state index in [1.165, 1.54) is 278 Å². The fourth-order valence-electron chi connectivity index (χ4n) is 26.1. The third-order valence-corrected chi connectivity index (χ3v) is 32.8. The van der Waals surface area contributed by atoms with E-state index < -0.39 is 0 Å². The van der Waals surface area contributed by atoms with Crippen molar-refractivity contribution in [1.29, 1.82) is 0 Å². The van der Waals surface area contributed by atoms with Crippen LogP contribution in [-0.2, 0) is 0 Å². The zero-order chi connectivity index (χ0) is 97.8. The second-order valence-electron chi connectivity index (χ2n) is 40.7. The summed E-state index contributed by atoms with van der Waals surface area (Å²) in [5.74, 6) is 0. The van der Waals surface area contributed by atoms with E-state index in [0.29, 0.717) is 0 Å². The quantitative estimate of drug-likeness (QED) is 0.156. The molecule has 0 amide bonds. The minimum Gasteiger partial charge on any atom is -0.456 e. The Hall–Kier alpha value is -19.9. The summed E-state index contributed by atoms with van der Waals surface area (Å²) in [6.45, 7) is 0. The average molecular weight is 1900 g/mol. The van der Waals surface area contributed by atoms with Gasteiger partial charge in [-0.3, -0.25) is 0 Å². The van der Waals surface area contributed by atoms with Crippen LogP contribution in [0, 0.1) is 0 Å². The maximum Gasteiger partial charge on any atom is 0.143 e. The first-order chi connectivity index (χ1) is 74.4. The second kappa shape index (κ2) is 31.8. The number of fused-ring (bicyclic) bond motifs is 36. The van der Waals surface area contributed by atoms with Crippen LogP contribution in [0.25, 0.3) is 328 Å². The Morgan fingerprint density at radius 2 is 0.360 bits per heavy atom. The highest BCUT2D eigenvalue weighted by atomic mass is 16.3. The summed E-state index contributed by atoms with van der Waals surface area (Å²) in [6, 6.07) is 186. The lowest BCUT2D eigenvalue weighted by molar-refractivity contribution is 0.669. The van der Waals surface area contributed by atoms with Crippen molar-refractivity contribution in [2.24, 2.45) is 0 Å². The summed E-state index contributed by atoms with van der Waals surface area (Å²) in [4.78, 5) is 0. The van der Waals surface area contributed by atoms with Crippen LogP contribution in [0.15, 0.2) is 518 Å². The highest BCUT2D eigenvalue weighted by Crippen LogP contribution is 2.52. The minimum absolute atomic E-state index is 0.931. The van der Waals surface area contributed by atoms with E-state index in [1.807, 2.05) is 24.3 Å². The zero-order valence-electron chi connectivity index (χ0n) is 81.1. The first-order valence-corrected chi connectivity index (χ1v) is 51.8. The summed E-state index contributed by atoms with van der Waals surface area (Å²) in [7, 11) is 0. The van der Waals surface area contributed by atoms with E-state index in [4.69, 9.17) is 8.83 Å². The Balaban J connectivity index is 0.0000000869. The zero-order valence-corrected chi connectivity index (χ0v) is 81.1. The van der Waals surface area contributed by atoms with Crippen LogP contribution >= 0.6 is 0 Å². The van der Waals surface area contributed by atoms with E-state index in [-0.39, 0.29) is 0 Å². The predicted molar refractivity (Wildman–Crippen MR) is 637 cm³/mol. The highest BCUT2D eigenvalue weighted by molar-refractivity contribution is 6.32. The Morgan fingerprint density at radius 1 is 0.120 bits per heavy atom. The van der Waals surface area contributed by atoms with Crippen molar-refractivity contribution < 1.29 is 8.83 Å². The lowest BCUT2D eigenvalue weighted by Gasteiger charge is -2.17. The van der Waals surface area contributed by atoms with Gasteiger partial charge in [0.15, 0.2) is 0 Å². The molecule has 0 bridgehead atoms. The lowest BCUT2D eigenvalue weighted by Crippen LogP contribution is -1.90. The van der Waals surface area contributed by atoms with Gasteiger partial charge in [0.1, 0.15) is 22.3 Å². The molecule has 6 nitrogen and oxygen atoms in total. The Labute approximate surface area is 857 Å². The molecule has 0 aliphatic carbocycles. The van der Waals surface area contributed by atoms with Crippen molar-refractivity contribution in [3.05, 3.63) is 510 Å². The number of nitrogens with zero attached hydrogens (tertiary/aromatic N) is 4. The number of rotatable bonds is 6. The first-order valence-electron chi connectivity index (χ1n) is 51.8. The lowest BCUT2D eigenvalue weighted by atomic mass is 9.86. The number of aromatic nitrogens is 4. The molecule has 0 fully saturated rings. The maximum absolute atomic E-state index is 6.36. The molecule has 0 spiro atoms. The number of furan rings is 2. The molecule has 0 N–H and O–H groups in total. The minimum atomic E-state index is 0.931. The summed E-state index contributed by atoms with van der Waals surface area (Å²) >= 11 is 0. The molecule has 0 aliphatic rings. The van der Waals surface area contributed by atoms with Crippen LogP contribution in [-0.4, -0.2) is 17.6 Å². The number of para-hydroxylation sites is 7. The molecule has 10 aromatic heterocycles. The van der Waals surface area contributed by atoms with Gasteiger partial charge in [0, 0.05) is 113 Å². The predicted octanol–water partition coefficient (Wildman–Crippen LogP) is 40.1. The molecular weight excluding hydrogens is 1820 g/mol. The molecular formula is C144H84N4O2. The van der Waals surface area contributed by atoms with E-state index in [2.05, 4.69) is 503 Å². The molecule has 0 saturated carbocycles. The summed E-state index contributed by atoms with van der Waals surface area (Å²) < 4.78 is 22.3. The number of hydrogen-bond donors (Lipinski definition) is 0. The molecule has 692 valence electrons.